The van der Waals surface area contributed by atoms with E-state index in [1.807, 2.05) is 0 Å². The molecule has 0 aromatic heterocycles. The third-order valence-electron chi connectivity index (χ3n) is 3.22. The lowest BCUT2D eigenvalue weighted by molar-refractivity contribution is -0.140. The topological polar surface area (TPSA) is 95.5 Å². The van der Waals surface area contributed by atoms with Crippen LogP contribution in [0.3, 0.4) is 0 Å². The molecule has 0 saturated carbocycles. The lowest BCUT2D eigenvalue weighted by Gasteiger charge is -2.18. The molecule has 0 aliphatic heterocycles. The largest absolute Gasteiger partial charge is 0.480 e. The summed E-state index contributed by atoms with van der Waals surface area (Å²) >= 11 is 6.01. The molecule has 0 spiro atoms. The van der Waals surface area contributed by atoms with Crippen LogP contribution in [-0.2, 0) is 9.59 Å². The number of carboxylic acids is 1. The maximum absolute atomic E-state index is 12.3. The highest BCUT2D eigenvalue weighted by molar-refractivity contribution is 6.34. The van der Waals surface area contributed by atoms with E-state index in [0.29, 0.717) is 5.69 Å². The minimum Gasteiger partial charge on any atom is -0.480 e. The summed E-state index contributed by atoms with van der Waals surface area (Å²) in [5, 5.41) is 14.4. The molecule has 6 nitrogen and oxygen atoms in total. The number of hydrogen-bond acceptors (Lipinski definition) is 3. The number of aliphatic carboxylic acids is 1. The number of carbonyl (C=O) groups excluding carboxylic acids is 2. The molecule has 0 fully saturated rings. The Bertz CT molecular complexity index is 614. The van der Waals surface area contributed by atoms with Gasteiger partial charge in [-0.2, -0.15) is 0 Å². The molecule has 3 N–H and O–H groups in total. The second-order valence-electron chi connectivity index (χ2n) is 5.87. The van der Waals surface area contributed by atoms with Crippen LogP contribution in [0.1, 0.15) is 38.1 Å². The number of nitrogens with one attached hydrogen (secondary N) is 2. The third kappa shape index (κ3) is 5.25. The van der Waals surface area contributed by atoms with E-state index in [1.54, 1.807) is 33.8 Å². The fourth-order valence-corrected chi connectivity index (χ4v) is 2.00. The minimum atomic E-state index is -1.12. The van der Waals surface area contributed by atoms with Crippen LogP contribution in [0.15, 0.2) is 18.2 Å². The van der Waals surface area contributed by atoms with Gasteiger partial charge in [-0.15, -0.1) is 0 Å². The number of hydrogen-bond donors (Lipinski definition) is 3. The summed E-state index contributed by atoms with van der Waals surface area (Å²) in [4.78, 5) is 35.2. The van der Waals surface area contributed by atoms with Gasteiger partial charge in [0.15, 0.2) is 0 Å². The monoisotopic (exact) mass is 340 g/mol. The Morgan fingerprint density at radius 2 is 1.74 bits per heavy atom. The van der Waals surface area contributed by atoms with Crippen molar-refractivity contribution in [3.8, 4) is 0 Å². The van der Waals surface area contributed by atoms with Crippen molar-refractivity contribution in [2.45, 2.75) is 33.7 Å². The molecule has 2 amide bonds. The van der Waals surface area contributed by atoms with Crippen molar-refractivity contribution in [2.75, 3.05) is 5.32 Å². The molecule has 0 aliphatic carbocycles. The Morgan fingerprint density at radius 3 is 2.22 bits per heavy atom. The Hall–Kier alpha value is -2.08. The minimum absolute atomic E-state index is 0.111. The molecule has 0 heterocycles. The van der Waals surface area contributed by atoms with Crippen molar-refractivity contribution < 1.29 is 19.5 Å². The summed E-state index contributed by atoms with van der Waals surface area (Å²) < 4.78 is 0. The van der Waals surface area contributed by atoms with Crippen LogP contribution in [0.25, 0.3) is 0 Å². The average molecular weight is 341 g/mol. The number of carboxylic acid groups (broad SMARTS) is 1. The average Bonchev–Trinajstić information content (AvgIpc) is 2.45. The Kier molecular flexibility index (Phi) is 6.57. The second-order valence-corrected chi connectivity index (χ2v) is 6.28. The fraction of sp³-hybridized carbons (Fsp3) is 0.438. The molecule has 1 aromatic carbocycles. The fourth-order valence-electron chi connectivity index (χ4n) is 1.80. The van der Waals surface area contributed by atoms with Gasteiger partial charge in [-0.3, -0.25) is 9.59 Å². The SMILES string of the molecule is CC(C)C(=O)Nc1ccc(Cl)c(C(=O)N[C@H](C(=O)O)C(C)C)c1. The van der Waals surface area contributed by atoms with E-state index < -0.39 is 17.9 Å². The lowest BCUT2D eigenvalue weighted by atomic mass is 10.0. The lowest BCUT2D eigenvalue weighted by Crippen LogP contribution is -2.44. The first-order valence-electron chi connectivity index (χ1n) is 7.27. The van der Waals surface area contributed by atoms with Gasteiger partial charge in [0.25, 0.3) is 5.91 Å². The molecule has 7 heteroatoms. The molecular weight excluding hydrogens is 320 g/mol. The number of rotatable bonds is 6. The number of halogens is 1. The van der Waals surface area contributed by atoms with E-state index in [2.05, 4.69) is 10.6 Å². The van der Waals surface area contributed by atoms with E-state index in [0.717, 1.165) is 0 Å². The van der Waals surface area contributed by atoms with Crippen molar-refractivity contribution in [3.63, 3.8) is 0 Å². The van der Waals surface area contributed by atoms with Gasteiger partial charge in [0, 0.05) is 11.6 Å². The molecule has 0 bridgehead atoms. The predicted molar refractivity (Wildman–Crippen MR) is 88.6 cm³/mol. The first-order chi connectivity index (χ1) is 10.6. The van der Waals surface area contributed by atoms with Crippen LogP contribution in [0, 0.1) is 11.8 Å². The van der Waals surface area contributed by atoms with Gasteiger partial charge in [0.05, 0.1) is 10.6 Å². The zero-order valence-electron chi connectivity index (χ0n) is 13.5. The van der Waals surface area contributed by atoms with Gasteiger partial charge >= 0.3 is 5.97 Å². The van der Waals surface area contributed by atoms with Gasteiger partial charge in [0.1, 0.15) is 6.04 Å². The zero-order chi connectivity index (χ0) is 17.7. The van der Waals surface area contributed by atoms with Crippen LogP contribution in [0.2, 0.25) is 5.02 Å². The van der Waals surface area contributed by atoms with E-state index in [9.17, 15) is 14.4 Å². The number of benzene rings is 1. The smallest absolute Gasteiger partial charge is 0.326 e. The maximum Gasteiger partial charge on any atom is 0.326 e. The summed E-state index contributed by atoms with van der Waals surface area (Å²) in [5.41, 5.74) is 0.537. The van der Waals surface area contributed by atoms with Crippen molar-refractivity contribution in [2.24, 2.45) is 11.8 Å². The standard InChI is InChI=1S/C16H21ClN2O4/c1-8(2)13(16(22)23)19-15(21)11-7-10(5-6-12(11)17)18-14(20)9(3)4/h5-9,13H,1-4H3,(H,18,20)(H,19,21)(H,22,23)/t13-/m0/s1. The van der Waals surface area contributed by atoms with Crippen LogP contribution in [0.5, 0.6) is 0 Å². The quantitative estimate of drug-likeness (QED) is 0.742. The highest BCUT2D eigenvalue weighted by Gasteiger charge is 2.25. The molecule has 0 aliphatic rings. The third-order valence-corrected chi connectivity index (χ3v) is 3.55. The van der Waals surface area contributed by atoms with Gasteiger partial charge in [-0.25, -0.2) is 4.79 Å². The van der Waals surface area contributed by atoms with Gasteiger partial charge in [-0.05, 0) is 24.1 Å². The molecule has 23 heavy (non-hydrogen) atoms. The Balaban J connectivity index is 3.00. The molecular formula is C16H21ClN2O4. The maximum atomic E-state index is 12.3. The molecule has 0 saturated heterocycles. The molecule has 1 rings (SSSR count). The summed E-state index contributed by atoms with van der Waals surface area (Å²) in [6.45, 7) is 6.89. The van der Waals surface area contributed by atoms with Crippen molar-refractivity contribution >= 4 is 35.1 Å². The highest BCUT2D eigenvalue weighted by Crippen LogP contribution is 2.21. The molecule has 1 aromatic rings. The van der Waals surface area contributed by atoms with Gasteiger partial charge < -0.3 is 15.7 Å². The summed E-state index contributed by atoms with van der Waals surface area (Å²) in [6.07, 6.45) is 0. The first-order valence-corrected chi connectivity index (χ1v) is 7.65. The van der Waals surface area contributed by atoms with Crippen LogP contribution in [0.4, 0.5) is 5.69 Å². The second kappa shape index (κ2) is 7.97. The number of carbonyl (C=O) groups is 3. The summed E-state index contributed by atoms with van der Waals surface area (Å²) in [6, 6.07) is 3.47. The molecule has 0 unspecified atom stereocenters. The van der Waals surface area contributed by atoms with Crippen molar-refractivity contribution in [1.82, 2.24) is 5.32 Å². The summed E-state index contributed by atoms with van der Waals surface area (Å²) in [5.74, 6) is -2.39. The van der Waals surface area contributed by atoms with E-state index in [1.165, 1.54) is 12.1 Å². The zero-order valence-corrected chi connectivity index (χ0v) is 14.3. The number of amides is 2. The van der Waals surface area contributed by atoms with Crippen molar-refractivity contribution in [1.29, 1.82) is 0 Å². The Morgan fingerprint density at radius 1 is 1.13 bits per heavy atom. The van der Waals surface area contributed by atoms with Crippen LogP contribution >= 0.6 is 11.6 Å². The van der Waals surface area contributed by atoms with E-state index in [-0.39, 0.29) is 28.3 Å². The van der Waals surface area contributed by atoms with Gasteiger partial charge in [0.2, 0.25) is 5.91 Å². The van der Waals surface area contributed by atoms with Gasteiger partial charge in [-0.1, -0.05) is 39.3 Å². The summed E-state index contributed by atoms with van der Waals surface area (Å²) in [7, 11) is 0. The van der Waals surface area contributed by atoms with E-state index >= 15 is 0 Å². The normalized spacial score (nSPS) is 12.1. The molecule has 0 radical (unpaired) electrons. The Labute approximate surface area is 140 Å². The van der Waals surface area contributed by atoms with Crippen LogP contribution < -0.4 is 10.6 Å². The number of anilines is 1. The first kappa shape index (κ1) is 19.0. The highest BCUT2D eigenvalue weighted by atomic mass is 35.5. The van der Waals surface area contributed by atoms with Crippen LogP contribution in [-0.4, -0.2) is 28.9 Å². The predicted octanol–water partition coefficient (Wildman–Crippen LogP) is 2.77. The van der Waals surface area contributed by atoms with E-state index in [4.69, 9.17) is 16.7 Å². The molecule has 126 valence electrons. The van der Waals surface area contributed by atoms with Crippen molar-refractivity contribution in [3.05, 3.63) is 28.8 Å². The molecule has 1 atom stereocenters.